The molecule has 1 heterocycles. The first-order valence-electron chi connectivity index (χ1n) is 10.1. The number of aryl methyl sites for hydroxylation is 1. The zero-order valence-electron chi connectivity index (χ0n) is 17.3. The molecule has 0 saturated carbocycles. The molecule has 6 heteroatoms. The fourth-order valence-electron chi connectivity index (χ4n) is 3.35. The van der Waals surface area contributed by atoms with Crippen LogP contribution in [0.4, 0.5) is 5.69 Å². The van der Waals surface area contributed by atoms with Crippen molar-refractivity contribution in [1.82, 2.24) is 4.90 Å². The Balaban J connectivity index is 1.93. The summed E-state index contributed by atoms with van der Waals surface area (Å²) in [6.07, 6.45) is 1.36. The lowest BCUT2D eigenvalue weighted by Gasteiger charge is -2.28. The molecule has 2 amide bonds. The van der Waals surface area contributed by atoms with Gasteiger partial charge in [0.15, 0.2) is 11.5 Å². The molecule has 154 valence electrons. The molecule has 1 fully saturated rings. The molecule has 0 radical (unpaired) electrons. The van der Waals surface area contributed by atoms with Gasteiger partial charge in [0, 0.05) is 24.2 Å². The summed E-state index contributed by atoms with van der Waals surface area (Å²) in [5.74, 6) is 1.05. The number of benzene rings is 2. The topological polar surface area (TPSA) is 59.1 Å². The second-order valence-corrected chi connectivity index (χ2v) is 7.00. The molecule has 6 nitrogen and oxygen atoms in total. The van der Waals surface area contributed by atoms with Crippen LogP contribution >= 0.6 is 0 Å². The SMILES string of the molecule is CCOc1ccc(C(=O)N(CN2CCCC2=O)c2ccc(C)cc2)cc1OCC. The van der Waals surface area contributed by atoms with E-state index in [2.05, 4.69) is 0 Å². The van der Waals surface area contributed by atoms with Gasteiger partial charge in [0.05, 0.1) is 13.2 Å². The minimum Gasteiger partial charge on any atom is -0.490 e. The molecule has 0 spiro atoms. The molecule has 0 aliphatic carbocycles. The van der Waals surface area contributed by atoms with Gasteiger partial charge in [-0.25, -0.2) is 0 Å². The number of likely N-dealkylation sites (tertiary alicyclic amines) is 1. The van der Waals surface area contributed by atoms with Crippen LogP contribution in [0.1, 0.15) is 42.6 Å². The minimum absolute atomic E-state index is 0.0802. The number of carbonyl (C=O) groups is 2. The van der Waals surface area contributed by atoms with Crippen molar-refractivity contribution in [2.75, 3.05) is 31.3 Å². The summed E-state index contributed by atoms with van der Waals surface area (Å²) in [5, 5.41) is 0. The Kier molecular flexibility index (Phi) is 6.75. The third kappa shape index (κ3) is 4.88. The Morgan fingerprint density at radius 3 is 2.34 bits per heavy atom. The number of hydrogen-bond donors (Lipinski definition) is 0. The first kappa shape index (κ1) is 20.7. The van der Waals surface area contributed by atoms with Gasteiger partial charge in [-0.3, -0.25) is 14.5 Å². The van der Waals surface area contributed by atoms with E-state index in [-0.39, 0.29) is 18.5 Å². The Hall–Kier alpha value is -3.02. The molecule has 1 saturated heterocycles. The van der Waals surface area contributed by atoms with Gasteiger partial charge in [0.2, 0.25) is 5.91 Å². The second kappa shape index (κ2) is 9.45. The van der Waals surface area contributed by atoms with Crippen LogP contribution in [0.25, 0.3) is 0 Å². The normalized spacial score (nSPS) is 13.5. The van der Waals surface area contributed by atoms with Gasteiger partial charge in [0.1, 0.15) is 6.67 Å². The molecule has 1 aliphatic heterocycles. The van der Waals surface area contributed by atoms with Gasteiger partial charge >= 0.3 is 0 Å². The number of nitrogens with zero attached hydrogens (tertiary/aromatic N) is 2. The fourth-order valence-corrected chi connectivity index (χ4v) is 3.35. The van der Waals surface area contributed by atoms with Crippen LogP contribution in [0.2, 0.25) is 0 Å². The number of rotatable bonds is 8. The molecule has 0 N–H and O–H groups in total. The van der Waals surface area contributed by atoms with E-state index in [0.29, 0.717) is 43.2 Å². The molecule has 1 aliphatic rings. The molecule has 2 aromatic carbocycles. The summed E-state index contributed by atoms with van der Waals surface area (Å²) in [4.78, 5) is 29.0. The molecule has 2 aromatic rings. The zero-order chi connectivity index (χ0) is 20.8. The monoisotopic (exact) mass is 396 g/mol. The van der Waals surface area contributed by atoms with Crippen molar-refractivity contribution in [3.63, 3.8) is 0 Å². The maximum absolute atomic E-state index is 13.4. The standard InChI is InChI=1S/C23H28N2O4/c1-4-28-20-13-10-18(15-21(20)29-5-2)23(27)25(16-24-14-6-7-22(24)26)19-11-8-17(3)9-12-19/h8-13,15H,4-7,14,16H2,1-3H3. The van der Waals surface area contributed by atoms with Crippen LogP contribution in [0.15, 0.2) is 42.5 Å². The van der Waals surface area contributed by atoms with Gasteiger partial charge < -0.3 is 14.4 Å². The zero-order valence-corrected chi connectivity index (χ0v) is 17.3. The van der Waals surface area contributed by atoms with Crippen LogP contribution < -0.4 is 14.4 Å². The van der Waals surface area contributed by atoms with Crippen molar-refractivity contribution < 1.29 is 19.1 Å². The van der Waals surface area contributed by atoms with E-state index in [4.69, 9.17) is 9.47 Å². The second-order valence-electron chi connectivity index (χ2n) is 7.00. The van der Waals surface area contributed by atoms with Crippen molar-refractivity contribution in [2.45, 2.75) is 33.6 Å². The smallest absolute Gasteiger partial charge is 0.259 e. The van der Waals surface area contributed by atoms with Gasteiger partial charge in [-0.1, -0.05) is 17.7 Å². The quantitative estimate of drug-likeness (QED) is 0.676. The Bertz CT molecular complexity index is 864. The van der Waals surface area contributed by atoms with E-state index in [1.807, 2.05) is 45.0 Å². The Morgan fingerprint density at radius 2 is 1.72 bits per heavy atom. The molecular formula is C23H28N2O4. The molecule has 0 atom stereocenters. The van der Waals surface area contributed by atoms with Gasteiger partial charge in [-0.15, -0.1) is 0 Å². The summed E-state index contributed by atoms with van der Waals surface area (Å²) >= 11 is 0. The first-order chi connectivity index (χ1) is 14.0. The number of carbonyl (C=O) groups excluding carboxylic acids is 2. The van der Waals surface area contributed by atoms with Crippen molar-refractivity contribution in [3.8, 4) is 11.5 Å². The van der Waals surface area contributed by atoms with Crippen LogP contribution in [0.5, 0.6) is 11.5 Å². The summed E-state index contributed by atoms with van der Waals surface area (Å²) in [7, 11) is 0. The van der Waals surface area contributed by atoms with E-state index in [0.717, 1.165) is 17.7 Å². The van der Waals surface area contributed by atoms with Crippen molar-refractivity contribution in [1.29, 1.82) is 0 Å². The average molecular weight is 396 g/mol. The van der Waals surface area contributed by atoms with Gasteiger partial charge in [0.25, 0.3) is 5.91 Å². The predicted molar refractivity (Wildman–Crippen MR) is 113 cm³/mol. The highest BCUT2D eigenvalue weighted by Crippen LogP contribution is 2.30. The highest BCUT2D eigenvalue weighted by molar-refractivity contribution is 6.06. The first-order valence-corrected chi connectivity index (χ1v) is 10.1. The van der Waals surface area contributed by atoms with Crippen molar-refractivity contribution >= 4 is 17.5 Å². The van der Waals surface area contributed by atoms with Crippen LogP contribution in [0.3, 0.4) is 0 Å². The molecule has 29 heavy (non-hydrogen) atoms. The largest absolute Gasteiger partial charge is 0.490 e. The lowest BCUT2D eigenvalue weighted by atomic mass is 10.1. The predicted octanol–water partition coefficient (Wildman–Crippen LogP) is 4.02. The number of ether oxygens (including phenoxy) is 2. The van der Waals surface area contributed by atoms with Crippen LogP contribution in [-0.2, 0) is 4.79 Å². The minimum atomic E-state index is -0.183. The summed E-state index contributed by atoms with van der Waals surface area (Å²) in [6.45, 7) is 7.69. The summed E-state index contributed by atoms with van der Waals surface area (Å²) in [6, 6.07) is 13.0. The third-order valence-corrected chi connectivity index (χ3v) is 4.86. The van der Waals surface area contributed by atoms with Crippen LogP contribution in [0, 0.1) is 6.92 Å². The molecular weight excluding hydrogens is 368 g/mol. The maximum atomic E-state index is 13.4. The molecule has 0 bridgehead atoms. The maximum Gasteiger partial charge on any atom is 0.259 e. The molecule has 3 rings (SSSR count). The summed E-state index contributed by atoms with van der Waals surface area (Å²) < 4.78 is 11.3. The number of amides is 2. The van der Waals surface area contributed by atoms with E-state index in [1.165, 1.54) is 0 Å². The third-order valence-electron chi connectivity index (χ3n) is 4.86. The Labute approximate surface area is 172 Å². The summed E-state index contributed by atoms with van der Waals surface area (Å²) in [5.41, 5.74) is 2.36. The van der Waals surface area contributed by atoms with E-state index in [1.54, 1.807) is 28.0 Å². The average Bonchev–Trinajstić information content (AvgIpc) is 3.12. The molecule has 0 aromatic heterocycles. The highest BCUT2D eigenvalue weighted by atomic mass is 16.5. The lowest BCUT2D eigenvalue weighted by Crippen LogP contribution is -2.42. The van der Waals surface area contributed by atoms with Crippen molar-refractivity contribution in [3.05, 3.63) is 53.6 Å². The van der Waals surface area contributed by atoms with Gasteiger partial charge in [-0.05, 0) is 57.5 Å². The fraction of sp³-hybridized carbons (Fsp3) is 0.391. The van der Waals surface area contributed by atoms with Crippen molar-refractivity contribution in [2.24, 2.45) is 0 Å². The number of anilines is 1. The van der Waals surface area contributed by atoms with E-state index in [9.17, 15) is 9.59 Å². The Morgan fingerprint density at radius 1 is 1.03 bits per heavy atom. The number of hydrogen-bond acceptors (Lipinski definition) is 4. The van der Waals surface area contributed by atoms with E-state index >= 15 is 0 Å². The van der Waals surface area contributed by atoms with Gasteiger partial charge in [-0.2, -0.15) is 0 Å². The lowest BCUT2D eigenvalue weighted by molar-refractivity contribution is -0.127. The highest BCUT2D eigenvalue weighted by Gasteiger charge is 2.27. The van der Waals surface area contributed by atoms with E-state index < -0.39 is 0 Å². The molecule has 0 unspecified atom stereocenters. The van der Waals surface area contributed by atoms with Crippen LogP contribution in [-0.4, -0.2) is 43.1 Å².